The zero-order valence-corrected chi connectivity index (χ0v) is 21.6. The van der Waals surface area contributed by atoms with Crippen LogP contribution in [0.5, 0.6) is 0 Å². The normalized spacial score (nSPS) is 59.3. The predicted octanol–water partition coefficient (Wildman–Crippen LogP) is 5.54. The molecule has 11 atom stereocenters. The maximum Gasteiger partial charge on any atom is 0.158 e. The molecule has 11 unspecified atom stereocenters. The van der Waals surface area contributed by atoms with Crippen molar-refractivity contribution < 1.29 is 19.7 Å². The Kier molecular flexibility index (Phi) is 5.29. The van der Waals surface area contributed by atoms with E-state index in [2.05, 4.69) is 41.5 Å². The van der Waals surface area contributed by atoms with Crippen LogP contribution in [-0.2, 0) is 9.47 Å². The van der Waals surface area contributed by atoms with Crippen molar-refractivity contribution >= 4 is 0 Å². The molecule has 0 aromatic carbocycles. The number of hydrogen-bond donors (Lipinski definition) is 2. The molecule has 0 radical (unpaired) electrons. The first kappa shape index (κ1) is 23.6. The monoisotopic (exact) mass is 448 g/mol. The second-order valence-corrected chi connectivity index (χ2v) is 14.0. The smallest absolute Gasteiger partial charge is 0.158 e. The standard InChI is InChI=1S/C28H48O4/c1-24(2)19-9-14-26(4)20(25(19,3)12-10-21(24)30)16-18(29)23-17(8-13-27(23,26)5)28(6)15-11-22(31-7)32-28/h17-23,29-30H,8-16H2,1-7H3. The third-order valence-corrected chi connectivity index (χ3v) is 12.7. The van der Waals surface area contributed by atoms with E-state index in [1.807, 2.05) is 0 Å². The van der Waals surface area contributed by atoms with Crippen molar-refractivity contribution in [2.75, 3.05) is 7.11 Å². The summed E-state index contributed by atoms with van der Waals surface area (Å²) in [7, 11) is 1.75. The third kappa shape index (κ3) is 2.82. The summed E-state index contributed by atoms with van der Waals surface area (Å²) in [6.07, 6.45) is 9.09. The minimum Gasteiger partial charge on any atom is -0.393 e. The summed E-state index contributed by atoms with van der Waals surface area (Å²) in [5.74, 6) is 1.74. The predicted molar refractivity (Wildman–Crippen MR) is 126 cm³/mol. The number of hydrogen-bond acceptors (Lipinski definition) is 4. The number of rotatable bonds is 2. The molecule has 4 heteroatoms. The van der Waals surface area contributed by atoms with Gasteiger partial charge < -0.3 is 19.7 Å². The zero-order valence-electron chi connectivity index (χ0n) is 21.6. The van der Waals surface area contributed by atoms with Crippen LogP contribution in [0.1, 0.15) is 99.3 Å². The van der Waals surface area contributed by atoms with Crippen molar-refractivity contribution in [3.05, 3.63) is 0 Å². The number of methoxy groups -OCH3 is 1. The molecule has 5 aliphatic rings. The molecule has 184 valence electrons. The van der Waals surface area contributed by atoms with E-state index in [9.17, 15) is 10.2 Å². The Hall–Kier alpha value is -0.160. The van der Waals surface area contributed by atoms with Crippen molar-refractivity contribution in [2.45, 2.75) is 123 Å². The van der Waals surface area contributed by atoms with E-state index in [1.165, 1.54) is 19.3 Å². The largest absolute Gasteiger partial charge is 0.393 e. The van der Waals surface area contributed by atoms with Gasteiger partial charge in [-0.15, -0.1) is 0 Å². The van der Waals surface area contributed by atoms with Gasteiger partial charge in [0.15, 0.2) is 6.29 Å². The molecule has 5 rings (SSSR count). The third-order valence-electron chi connectivity index (χ3n) is 12.7. The molecule has 0 spiro atoms. The average molecular weight is 449 g/mol. The number of aliphatic hydroxyl groups excluding tert-OH is 2. The van der Waals surface area contributed by atoms with Crippen LogP contribution >= 0.6 is 0 Å². The first-order valence-electron chi connectivity index (χ1n) is 13.4. The molecule has 1 aliphatic heterocycles. The summed E-state index contributed by atoms with van der Waals surface area (Å²) in [5.41, 5.74) is 0.315. The Morgan fingerprint density at radius 2 is 1.47 bits per heavy atom. The number of aliphatic hydroxyl groups is 2. The number of fused-ring (bicyclic) bond motifs is 5. The van der Waals surface area contributed by atoms with Crippen molar-refractivity contribution in [1.82, 2.24) is 0 Å². The zero-order chi connectivity index (χ0) is 23.3. The van der Waals surface area contributed by atoms with Crippen molar-refractivity contribution in [1.29, 1.82) is 0 Å². The lowest BCUT2D eigenvalue weighted by atomic mass is 9.35. The van der Waals surface area contributed by atoms with E-state index in [0.717, 1.165) is 38.5 Å². The molecule has 5 fully saturated rings. The molecule has 4 saturated carbocycles. The summed E-state index contributed by atoms with van der Waals surface area (Å²) < 4.78 is 12.0. The summed E-state index contributed by atoms with van der Waals surface area (Å²) in [6, 6.07) is 0. The van der Waals surface area contributed by atoms with E-state index in [0.29, 0.717) is 23.7 Å². The van der Waals surface area contributed by atoms with E-state index in [1.54, 1.807) is 7.11 Å². The second kappa shape index (κ2) is 7.18. The van der Waals surface area contributed by atoms with Gasteiger partial charge in [0.1, 0.15) is 0 Å². The fraction of sp³-hybridized carbons (Fsp3) is 1.00. The van der Waals surface area contributed by atoms with Gasteiger partial charge in [0.05, 0.1) is 17.8 Å². The molecule has 0 bridgehead atoms. The molecule has 4 nitrogen and oxygen atoms in total. The highest BCUT2D eigenvalue weighted by atomic mass is 16.7. The Bertz CT molecular complexity index is 752. The summed E-state index contributed by atoms with van der Waals surface area (Å²) in [6.45, 7) is 14.5. The van der Waals surface area contributed by atoms with Crippen LogP contribution in [0.15, 0.2) is 0 Å². The van der Waals surface area contributed by atoms with Gasteiger partial charge in [0.2, 0.25) is 0 Å². The Morgan fingerprint density at radius 3 is 2.12 bits per heavy atom. The molecule has 4 aliphatic carbocycles. The molecular weight excluding hydrogens is 400 g/mol. The highest BCUT2D eigenvalue weighted by Crippen LogP contribution is 2.76. The molecular formula is C28H48O4. The second-order valence-electron chi connectivity index (χ2n) is 14.0. The van der Waals surface area contributed by atoms with Crippen LogP contribution in [0.3, 0.4) is 0 Å². The van der Waals surface area contributed by atoms with Crippen LogP contribution in [0.4, 0.5) is 0 Å². The van der Waals surface area contributed by atoms with Gasteiger partial charge in [-0.2, -0.15) is 0 Å². The van der Waals surface area contributed by atoms with E-state index >= 15 is 0 Å². The van der Waals surface area contributed by atoms with Crippen molar-refractivity contribution in [3.63, 3.8) is 0 Å². The Labute approximate surface area is 195 Å². The summed E-state index contributed by atoms with van der Waals surface area (Å²) in [5, 5.41) is 22.7. The lowest BCUT2D eigenvalue weighted by Gasteiger charge is -2.70. The van der Waals surface area contributed by atoms with Crippen LogP contribution in [0.2, 0.25) is 0 Å². The van der Waals surface area contributed by atoms with Crippen LogP contribution in [0, 0.1) is 45.3 Å². The van der Waals surface area contributed by atoms with Crippen molar-refractivity contribution in [3.8, 4) is 0 Å². The average Bonchev–Trinajstić information content (AvgIpc) is 3.30. The molecule has 0 amide bonds. The van der Waals surface area contributed by atoms with Gasteiger partial charge >= 0.3 is 0 Å². The highest BCUT2D eigenvalue weighted by Gasteiger charge is 2.71. The first-order valence-corrected chi connectivity index (χ1v) is 13.4. The van der Waals surface area contributed by atoms with Crippen molar-refractivity contribution in [2.24, 2.45) is 45.3 Å². The van der Waals surface area contributed by atoms with E-state index in [-0.39, 0.29) is 45.8 Å². The highest BCUT2D eigenvalue weighted by molar-refractivity contribution is 5.20. The molecule has 2 N–H and O–H groups in total. The lowest BCUT2D eigenvalue weighted by molar-refractivity contribution is -0.250. The van der Waals surface area contributed by atoms with E-state index in [4.69, 9.17) is 9.47 Å². The quantitative estimate of drug-likeness (QED) is 0.582. The van der Waals surface area contributed by atoms with Crippen LogP contribution in [0.25, 0.3) is 0 Å². The summed E-state index contributed by atoms with van der Waals surface area (Å²) >= 11 is 0. The maximum absolute atomic E-state index is 11.8. The van der Waals surface area contributed by atoms with Gasteiger partial charge in [-0.25, -0.2) is 0 Å². The Balaban J connectivity index is 1.50. The fourth-order valence-corrected chi connectivity index (χ4v) is 10.7. The SMILES string of the molecule is COC1CCC(C)(C2CCC3(C)C2C(O)CC2C4(C)CCC(O)C(C)(C)C4CCC23C)O1. The molecule has 0 aromatic rings. The van der Waals surface area contributed by atoms with Gasteiger partial charge in [-0.1, -0.05) is 34.6 Å². The summed E-state index contributed by atoms with van der Waals surface area (Å²) in [4.78, 5) is 0. The molecule has 0 aromatic heterocycles. The minimum atomic E-state index is -0.266. The van der Waals surface area contributed by atoms with Gasteiger partial charge in [-0.3, -0.25) is 0 Å². The van der Waals surface area contributed by atoms with Gasteiger partial charge in [0.25, 0.3) is 0 Å². The van der Waals surface area contributed by atoms with Crippen LogP contribution in [-0.4, -0.2) is 41.4 Å². The fourth-order valence-electron chi connectivity index (χ4n) is 10.7. The van der Waals surface area contributed by atoms with Gasteiger partial charge in [0, 0.05) is 13.5 Å². The first-order chi connectivity index (χ1) is 14.8. The number of ether oxygens (including phenoxy) is 2. The Morgan fingerprint density at radius 1 is 0.781 bits per heavy atom. The van der Waals surface area contributed by atoms with Crippen LogP contribution < -0.4 is 0 Å². The molecule has 32 heavy (non-hydrogen) atoms. The molecule has 1 heterocycles. The molecule has 1 saturated heterocycles. The van der Waals surface area contributed by atoms with E-state index < -0.39 is 0 Å². The maximum atomic E-state index is 11.8. The van der Waals surface area contributed by atoms with Gasteiger partial charge in [-0.05, 0) is 104 Å². The lowest BCUT2D eigenvalue weighted by Crippen LogP contribution is -2.66. The topological polar surface area (TPSA) is 58.9 Å². The minimum absolute atomic E-state index is 0.0461.